The molecule has 1 N–H and O–H groups in total. The lowest BCUT2D eigenvalue weighted by Crippen LogP contribution is -2.43. The van der Waals surface area contributed by atoms with Crippen LogP contribution in [0, 0.1) is 23.5 Å². The van der Waals surface area contributed by atoms with Crippen molar-refractivity contribution in [2.75, 3.05) is 32.7 Å². The maximum atomic E-state index is 14.2. The zero-order chi connectivity index (χ0) is 26.2. The first-order chi connectivity index (χ1) is 18.4. The number of imidazole rings is 1. The molecule has 0 radical (unpaired) electrons. The van der Waals surface area contributed by atoms with Crippen molar-refractivity contribution in [3.63, 3.8) is 0 Å². The van der Waals surface area contributed by atoms with E-state index in [1.165, 1.54) is 24.8 Å². The number of carboxylic acid groups (broad SMARTS) is 1. The van der Waals surface area contributed by atoms with Crippen LogP contribution in [0.25, 0.3) is 5.65 Å². The fourth-order valence-electron chi connectivity index (χ4n) is 6.93. The molecule has 0 unspecified atom stereocenters. The lowest BCUT2D eigenvalue weighted by molar-refractivity contribution is -0.144. The van der Waals surface area contributed by atoms with Crippen LogP contribution in [0.3, 0.4) is 0 Å². The second kappa shape index (κ2) is 10.7. The summed E-state index contributed by atoms with van der Waals surface area (Å²) < 4.78 is 29.9. The number of likely N-dealkylation sites (tertiary alicyclic amines) is 2. The lowest BCUT2D eigenvalue weighted by Gasteiger charge is -2.35. The second-order valence-electron chi connectivity index (χ2n) is 11.6. The zero-order valence-electron chi connectivity index (χ0n) is 21.7. The summed E-state index contributed by atoms with van der Waals surface area (Å²) in [7, 11) is 0. The fourth-order valence-corrected chi connectivity index (χ4v) is 6.93. The minimum absolute atomic E-state index is 0.105. The number of carbonyl (C=O) groups is 1. The van der Waals surface area contributed by atoms with Gasteiger partial charge in [-0.3, -0.25) is 9.69 Å². The Bertz CT molecular complexity index is 1280. The number of benzene rings is 1. The van der Waals surface area contributed by atoms with Crippen molar-refractivity contribution in [2.24, 2.45) is 11.8 Å². The first-order valence-corrected chi connectivity index (χ1v) is 14.0. The number of hydrogen-bond donors (Lipinski definition) is 1. The summed E-state index contributed by atoms with van der Waals surface area (Å²) in [6.45, 7) is 4.08. The number of piperidine rings is 1. The summed E-state index contributed by atoms with van der Waals surface area (Å²) >= 11 is 0. The number of fused-ring (bicyclic) bond motifs is 1. The maximum absolute atomic E-state index is 14.2. The molecule has 2 aliphatic heterocycles. The quantitative estimate of drug-likeness (QED) is 0.443. The Morgan fingerprint density at radius 1 is 1.05 bits per heavy atom. The van der Waals surface area contributed by atoms with E-state index in [1.807, 2.05) is 16.7 Å². The third-order valence-corrected chi connectivity index (χ3v) is 9.25. The molecule has 0 amide bonds. The Kier molecular flexibility index (Phi) is 7.18. The summed E-state index contributed by atoms with van der Waals surface area (Å²) in [5, 5.41) is 10.1. The number of hydrogen-bond acceptors (Lipinski definition) is 4. The normalized spacial score (nSPS) is 24.6. The van der Waals surface area contributed by atoms with Crippen LogP contribution < -0.4 is 0 Å². The number of pyridine rings is 1. The smallest absolute Gasteiger partial charge is 0.320 e. The molecule has 6 rings (SSSR count). The third kappa shape index (κ3) is 5.21. The molecule has 3 atom stereocenters. The van der Waals surface area contributed by atoms with E-state index in [1.54, 1.807) is 18.2 Å². The molecule has 4 heterocycles. The van der Waals surface area contributed by atoms with Gasteiger partial charge in [-0.25, -0.2) is 13.8 Å². The predicted molar refractivity (Wildman–Crippen MR) is 141 cm³/mol. The molecule has 202 valence electrons. The molecule has 2 saturated heterocycles. The number of aromatic nitrogens is 2. The van der Waals surface area contributed by atoms with Crippen LogP contribution >= 0.6 is 0 Å². The molecule has 3 aromatic rings. The summed E-state index contributed by atoms with van der Waals surface area (Å²) in [5.41, 5.74) is 2.79. The van der Waals surface area contributed by atoms with Gasteiger partial charge in [0.1, 0.15) is 23.3 Å². The average molecular weight is 523 g/mol. The SMILES string of the molecule is O=C(O)[C@H](CC1CCC1)N1C[C@H](CN2CCC(c3cnc4ccc(F)cn34)CC2)[C@@H](c2cccc(F)c2)C1. The van der Waals surface area contributed by atoms with Crippen molar-refractivity contribution >= 4 is 11.6 Å². The van der Waals surface area contributed by atoms with Crippen LogP contribution in [0.5, 0.6) is 0 Å². The molecule has 0 spiro atoms. The highest BCUT2D eigenvalue weighted by atomic mass is 19.1. The summed E-state index contributed by atoms with van der Waals surface area (Å²) in [6, 6.07) is 9.53. The van der Waals surface area contributed by atoms with E-state index in [-0.39, 0.29) is 23.5 Å². The highest BCUT2D eigenvalue weighted by molar-refractivity contribution is 5.73. The molecule has 1 aromatic carbocycles. The van der Waals surface area contributed by atoms with E-state index >= 15 is 0 Å². The Morgan fingerprint density at radius 2 is 1.87 bits per heavy atom. The summed E-state index contributed by atoms with van der Waals surface area (Å²) in [5.74, 6) is -0.0683. The Hall–Kier alpha value is -2.84. The van der Waals surface area contributed by atoms with Gasteiger partial charge >= 0.3 is 5.97 Å². The van der Waals surface area contributed by atoms with Crippen molar-refractivity contribution in [3.8, 4) is 0 Å². The number of nitrogens with zero attached hydrogens (tertiary/aromatic N) is 4. The van der Waals surface area contributed by atoms with E-state index in [2.05, 4.69) is 14.8 Å². The molecule has 2 aromatic heterocycles. The minimum Gasteiger partial charge on any atom is -0.480 e. The van der Waals surface area contributed by atoms with Gasteiger partial charge in [-0.15, -0.1) is 0 Å². The van der Waals surface area contributed by atoms with Crippen LogP contribution in [-0.2, 0) is 4.79 Å². The fraction of sp³-hybridized carbons (Fsp3) is 0.533. The van der Waals surface area contributed by atoms with Crippen LogP contribution in [0.4, 0.5) is 8.78 Å². The molecule has 1 saturated carbocycles. The van der Waals surface area contributed by atoms with E-state index in [0.29, 0.717) is 24.8 Å². The topological polar surface area (TPSA) is 61.1 Å². The maximum Gasteiger partial charge on any atom is 0.320 e. The standard InChI is InChI=1S/C30H36F2N4O2/c31-24-6-2-5-22(14-24)26-19-35(27(30(37)38)13-20-3-1-4-20)17-23(26)16-34-11-9-21(10-12-34)28-15-33-29-8-7-25(32)18-36(28)29/h2,5-8,14-15,18,20-21,23,26-27H,1,3-4,9-13,16-17,19H2,(H,37,38)/t23-,26+,27-/m0/s1. The predicted octanol–water partition coefficient (Wildman–Crippen LogP) is 5.15. The van der Waals surface area contributed by atoms with E-state index in [9.17, 15) is 18.7 Å². The number of halogens is 2. The molecule has 3 fully saturated rings. The van der Waals surface area contributed by atoms with Gasteiger partial charge in [0, 0.05) is 49.6 Å². The Morgan fingerprint density at radius 3 is 2.58 bits per heavy atom. The van der Waals surface area contributed by atoms with Gasteiger partial charge in [0.15, 0.2) is 0 Å². The van der Waals surface area contributed by atoms with Crippen LogP contribution in [0.2, 0.25) is 0 Å². The number of rotatable bonds is 8. The zero-order valence-corrected chi connectivity index (χ0v) is 21.7. The monoisotopic (exact) mass is 522 g/mol. The van der Waals surface area contributed by atoms with E-state index in [4.69, 9.17) is 0 Å². The third-order valence-electron chi connectivity index (χ3n) is 9.25. The number of carboxylic acids is 1. The van der Waals surface area contributed by atoms with Gasteiger partial charge < -0.3 is 14.4 Å². The van der Waals surface area contributed by atoms with Crippen LogP contribution in [0.15, 0.2) is 48.8 Å². The van der Waals surface area contributed by atoms with E-state index < -0.39 is 12.0 Å². The first-order valence-electron chi connectivity index (χ1n) is 14.0. The highest BCUT2D eigenvalue weighted by Crippen LogP contribution is 2.39. The second-order valence-corrected chi connectivity index (χ2v) is 11.6. The van der Waals surface area contributed by atoms with Crippen molar-refractivity contribution < 1.29 is 18.7 Å². The summed E-state index contributed by atoms with van der Waals surface area (Å²) in [4.78, 5) is 21.4. The van der Waals surface area contributed by atoms with Gasteiger partial charge in [0.05, 0.1) is 0 Å². The van der Waals surface area contributed by atoms with Gasteiger partial charge in [-0.2, -0.15) is 0 Å². The van der Waals surface area contributed by atoms with Crippen molar-refractivity contribution in [1.29, 1.82) is 0 Å². The highest BCUT2D eigenvalue weighted by Gasteiger charge is 2.41. The molecule has 3 aliphatic rings. The van der Waals surface area contributed by atoms with E-state index in [0.717, 1.165) is 68.8 Å². The van der Waals surface area contributed by atoms with Crippen molar-refractivity contribution in [1.82, 2.24) is 19.2 Å². The van der Waals surface area contributed by atoms with Crippen LogP contribution in [0.1, 0.15) is 61.6 Å². The van der Waals surface area contributed by atoms with Gasteiger partial charge in [-0.05, 0) is 74.0 Å². The Balaban J connectivity index is 1.15. The number of aliphatic carboxylic acids is 1. The minimum atomic E-state index is -0.735. The van der Waals surface area contributed by atoms with Gasteiger partial charge in [-0.1, -0.05) is 31.4 Å². The van der Waals surface area contributed by atoms with Crippen molar-refractivity contribution in [2.45, 2.75) is 56.4 Å². The average Bonchev–Trinajstić information content (AvgIpc) is 3.48. The van der Waals surface area contributed by atoms with Gasteiger partial charge in [0.25, 0.3) is 0 Å². The molecular weight excluding hydrogens is 486 g/mol. The van der Waals surface area contributed by atoms with Gasteiger partial charge in [0.2, 0.25) is 0 Å². The molecule has 38 heavy (non-hydrogen) atoms. The lowest BCUT2D eigenvalue weighted by atomic mass is 9.80. The van der Waals surface area contributed by atoms with Crippen LogP contribution in [-0.4, -0.2) is 69.0 Å². The molecule has 0 bridgehead atoms. The molecular formula is C30H36F2N4O2. The molecule has 8 heteroatoms. The first kappa shape index (κ1) is 25.4. The Labute approximate surface area is 222 Å². The largest absolute Gasteiger partial charge is 0.480 e. The van der Waals surface area contributed by atoms with Crippen molar-refractivity contribution in [3.05, 3.63) is 71.7 Å². The summed E-state index contributed by atoms with van der Waals surface area (Å²) in [6.07, 6.45) is 9.48. The molecule has 1 aliphatic carbocycles. The molecule has 6 nitrogen and oxygen atoms in total.